The van der Waals surface area contributed by atoms with Crippen LogP contribution < -0.4 is 0 Å². The van der Waals surface area contributed by atoms with Crippen LogP contribution in [0.15, 0.2) is 36.7 Å². The molecule has 2 heterocycles. The van der Waals surface area contributed by atoms with E-state index in [1.165, 1.54) is 10.8 Å². The lowest BCUT2D eigenvalue weighted by Crippen LogP contribution is -2.21. The van der Waals surface area contributed by atoms with E-state index in [2.05, 4.69) is 35.6 Å². The van der Waals surface area contributed by atoms with Crippen molar-refractivity contribution >= 4 is 22.5 Å². The molecule has 0 aliphatic rings. The quantitative estimate of drug-likeness (QED) is 0.671. The molecular weight excluding hydrogens is 238 g/mol. The van der Waals surface area contributed by atoms with Crippen LogP contribution >= 0.6 is 22.5 Å². The normalized spacial score (nSPS) is 11.7. The monoisotopic (exact) mass is 251 g/mol. The van der Waals surface area contributed by atoms with Crippen LogP contribution in [0.1, 0.15) is 13.8 Å². The predicted octanol–water partition coefficient (Wildman–Crippen LogP) is 3.22. The molecule has 0 fully saturated rings. The number of hydrogen-bond acceptors (Lipinski definition) is 4. The number of rotatable bonds is 3. The second kappa shape index (κ2) is 4.51. The van der Waals surface area contributed by atoms with Crippen LogP contribution in [0.4, 0.5) is 0 Å². The molecule has 0 atom stereocenters. The van der Waals surface area contributed by atoms with Gasteiger partial charge in [-0.1, -0.05) is 16.9 Å². The minimum Gasteiger partial charge on any atom is -0.256 e. The standard InChI is InChI=1S/C11H13N3S2/c1-11(2,16-15)14-8-6-10(13-14)9-5-3-4-7-12-9/h3-8,15H,1-2H3. The second-order valence-corrected chi connectivity index (χ2v) is 5.63. The molecule has 0 radical (unpaired) electrons. The summed E-state index contributed by atoms with van der Waals surface area (Å²) in [6.45, 7) is 4.14. The first-order chi connectivity index (χ1) is 7.63. The van der Waals surface area contributed by atoms with Crippen LogP contribution in [0.2, 0.25) is 0 Å². The smallest absolute Gasteiger partial charge is 0.112 e. The predicted molar refractivity (Wildman–Crippen MR) is 71.4 cm³/mol. The summed E-state index contributed by atoms with van der Waals surface area (Å²) in [6.07, 6.45) is 3.72. The third-order valence-corrected chi connectivity index (χ3v) is 4.27. The van der Waals surface area contributed by atoms with Gasteiger partial charge in [0.25, 0.3) is 0 Å². The first-order valence-corrected chi connectivity index (χ1v) is 6.80. The molecule has 0 saturated heterocycles. The summed E-state index contributed by atoms with van der Waals surface area (Å²) in [4.78, 5) is 4.11. The Morgan fingerprint density at radius 2 is 2.06 bits per heavy atom. The van der Waals surface area contributed by atoms with E-state index >= 15 is 0 Å². The summed E-state index contributed by atoms with van der Waals surface area (Å²) < 4.78 is 1.90. The molecule has 0 bridgehead atoms. The lowest BCUT2D eigenvalue weighted by atomic mass is 10.3. The average molecular weight is 251 g/mol. The van der Waals surface area contributed by atoms with Crippen molar-refractivity contribution in [1.29, 1.82) is 0 Å². The van der Waals surface area contributed by atoms with Crippen LogP contribution in [0.3, 0.4) is 0 Å². The second-order valence-electron chi connectivity index (χ2n) is 3.90. The molecule has 0 amide bonds. The van der Waals surface area contributed by atoms with Gasteiger partial charge >= 0.3 is 0 Å². The summed E-state index contributed by atoms with van der Waals surface area (Å²) in [6, 6.07) is 7.77. The molecule has 2 rings (SSSR count). The van der Waals surface area contributed by atoms with Gasteiger partial charge in [0.1, 0.15) is 10.6 Å². The van der Waals surface area contributed by atoms with Crippen molar-refractivity contribution in [3.05, 3.63) is 36.7 Å². The molecule has 0 saturated carbocycles. The van der Waals surface area contributed by atoms with Gasteiger partial charge in [0.15, 0.2) is 0 Å². The number of thiol groups is 1. The number of aromatic nitrogens is 3. The Balaban J connectivity index is 2.34. The van der Waals surface area contributed by atoms with Crippen molar-refractivity contribution in [1.82, 2.24) is 14.8 Å². The molecule has 2 aromatic rings. The number of pyridine rings is 1. The van der Waals surface area contributed by atoms with E-state index in [0.29, 0.717) is 0 Å². The molecule has 84 valence electrons. The van der Waals surface area contributed by atoms with Crippen molar-refractivity contribution in [3.8, 4) is 11.4 Å². The van der Waals surface area contributed by atoms with Gasteiger partial charge in [0, 0.05) is 12.4 Å². The van der Waals surface area contributed by atoms with Crippen LogP contribution in [-0.4, -0.2) is 14.8 Å². The van der Waals surface area contributed by atoms with Crippen molar-refractivity contribution < 1.29 is 0 Å². The molecule has 2 aromatic heterocycles. The highest BCUT2D eigenvalue weighted by atomic mass is 33.1. The fourth-order valence-corrected chi connectivity index (χ4v) is 1.75. The van der Waals surface area contributed by atoms with Gasteiger partial charge in [-0.3, -0.25) is 9.67 Å². The zero-order valence-corrected chi connectivity index (χ0v) is 10.9. The molecule has 16 heavy (non-hydrogen) atoms. The first kappa shape index (κ1) is 11.5. The third kappa shape index (κ3) is 2.25. The van der Waals surface area contributed by atoms with Gasteiger partial charge in [-0.15, -0.1) is 11.7 Å². The lowest BCUT2D eigenvalue weighted by molar-refractivity contribution is 0.482. The van der Waals surface area contributed by atoms with Gasteiger partial charge < -0.3 is 0 Å². The zero-order valence-electron chi connectivity index (χ0n) is 9.16. The summed E-state index contributed by atoms with van der Waals surface area (Å²) in [7, 11) is 1.46. The van der Waals surface area contributed by atoms with E-state index in [1.54, 1.807) is 6.20 Å². The number of hydrogen-bond donors (Lipinski definition) is 1. The van der Waals surface area contributed by atoms with E-state index in [9.17, 15) is 0 Å². The SMILES string of the molecule is CC(C)(SS)n1ccc(-c2ccccn2)n1. The van der Waals surface area contributed by atoms with Gasteiger partial charge in [-0.25, -0.2) is 0 Å². The molecule has 0 unspecified atom stereocenters. The van der Waals surface area contributed by atoms with Gasteiger partial charge in [-0.2, -0.15) is 5.10 Å². The number of nitrogens with zero attached hydrogens (tertiary/aromatic N) is 3. The van der Waals surface area contributed by atoms with Gasteiger partial charge in [0.05, 0.1) is 5.69 Å². The highest BCUT2D eigenvalue weighted by molar-refractivity contribution is 8.68. The molecule has 0 N–H and O–H groups in total. The van der Waals surface area contributed by atoms with Crippen LogP contribution in [0.5, 0.6) is 0 Å². The Kier molecular flexibility index (Phi) is 3.25. The highest BCUT2D eigenvalue weighted by Crippen LogP contribution is 2.32. The van der Waals surface area contributed by atoms with E-state index in [0.717, 1.165) is 11.4 Å². The van der Waals surface area contributed by atoms with Crippen molar-refractivity contribution in [2.45, 2.75) is 18.7 Å². The van der Waals surface area contributed by atoms with E-state index in [1.807, 2.05) is 35.1 Å². The Hall–Kier alpha value is -0.940. The molecule has 0 aromatic carbocycles. The minimum absolute atomic E-state index is 0.157. The Morgan fingerprint density at radius 3 is 2.69 bits per heavy atom. The zero-order chi connectivity index (χ0) is 11.6. The van der Waals surface area contributed by atoms with Crippen LogP contribution in [-0.2, 0) is 4.87 Å². The topological polar surface area (TPSA) is 30.7 Å². The van der Waals surface area contributed by atoms with Crippen molar-refractivity contribution in [2.75, 3.05) is 0 Å². The maximum absolute atomic E-state index is 4.51. The average Bonchev–Trinajstić information content (AvgIpc) is 2.80. The van der Waals surface area contributed by atoms with E-state index in [-0.39, 0.29) is 4.87 Å². The Bertz CT molecular complexity index is 465. The summed E-state index contributed by atoms with van der Waals surface area (Å²) in [5, 5.41) is 4.51. The first-order valence-electron chi connectivity index (χ1n) is 4.93. The van der Waals surface area contributed by atoms with Crippen molar-refractivity contribution in [2.24, 2.45) is 0 Å². The van der Waals surface area contributed by atoms with Crippen LogP contribution in [0.25, 0.3) is 11.4 Å². The molecule has 5 heteroatoms. The van der Waals surface area contributed by atoms with Gasteiger partial charge in [-0.05, 0) is 32.0 Å². The van der Waals surface area contributed by atoms with Crippen molar-refractivity contribution in [3.63, 3.8) is 0 Å². The molecule has 0 spiro atoms. The van der Waals surface area contributed by atoms with Gasteiger partial charge in [0.2, 0.25) is 0 Å². The Labute approximate surface area is 104 Å². The maximum Gasteiger partial charge on any atom is 0.112 e. The fraction of sp³-hybridized carbons (Fsp3) is 0.273. The Morgan fingerprint density at radius 1 is 1.25 bits per heavy atom. The van der Waals surface area contributed by atoms with E-state index in [4.69, 9.17) is 0 Å². The molecule has 0 aliphatic heterocycles. The maximum atomic E-state index is 4.51. The summed E-state index contributed by atoms with van der Waals surface area (Å²) >= 11 is 4.25. The summed E-state index contributed by atoms with van der Waals surface area (Å²) in [5.74, 6) is 0. The highest BCUT2D eigenvalue weighted by Gasteiger charge is 2.20. The fourth-order valence-electron chi connectivity index (χ4n) is 1.32. The third-order valence-electron chi connectivity index (χ3n) is 2.29. The molecule has 3 nitrogen and oxygen atoms in total. The summed E-state index contributed by atoms with van der Waals surface area (Å²) in [5.41, 5.74) is 1.78. The molecular formula is C11H13N3S2. The lowest BCUT2D eigenvalue weighted by Gasteiger charge is -2.21. The van der Waals surface area contributed by atoms with Crippen LogP contribution in [0, 0.1) is 0 Å². The largest absolute Gasteiger partial charge is 0.256 e. The minimum atomic E-state index is -0.157. The van der Waals surface area contributed by atoms with E-state index < -0.39 is 0 Å². The molecule has 0 aliphatic carbocycles.